The maximum absolute atomic E-state index is 12.2. The van der Waals surface area contributed by atoms with E-state index in [1.54, 1.807) is 6.07 Å². The van der Waals surface area contributed by atoms with E-state index in [2.05, 4.69) is 37.7 Å². The number of aromatic nitrogens is 3. The minimum atomic E-state index is -0.301. The number of carbonyl (C=O) groups excluding carboxylic acids is 1. The van der Waals surface area contributed by atoms with Crippen molar-refractivity contribution in [3.8, 4) is 0 Å². The van der Waals surface area contributed by atoms with Gasteiger partial charge in [0.25, 0.3) is 5.91 Å². The molecule has 6 heteroatoms. The van der Waals surface area contributed by atoms with Gasteiger partial charge in [-0.25, -0.2) is 9.97 Å². The van der Waals surface area contributed by atoms with Crippen LogP contribution in [0.15, 0.2) is 42.9 Å². The van der Waals surface area contributed by atoms with Gasteiger partial charge in [0.2, 0.25) is 0 Å². The standard InChI is InChI=1S/C19H23N5O/c1-19(2,3)24-18(25)16-10-17(23-12-22-16)20-9-8-13-11-21-15-7-5-4-6-14(13)15/h4-7,10-12,21H,8-9H2,1-3H3,(H,24,25)(H,20,22,23). The van der Waals surface area contributed by atoms with Crippen LogP contribution in [-0.4, -0.2) is 32.9 Å². The van der Waals surface area contributed by atoms with Crippen molar-refractivity contribution in [1.82, 2.24) is 20.3 Å². The monoisotopic (exact) mass is 337 g/mol. The lowest BCUT2D eigenvalue weighted by molar-refractivity contribution is 0.0914. The number of hydrogen-bond acceptors (Lipinski definition) is 4. The van der Waals surface area contributed by atoms with Crippen LogP contribution >= 0.6 is 0 Å². The number of H-pyrrole nitrogens is 1. The van der Waals surface area contributed by atoms with E-state index >= 15 is 0 Å². The Hall–Kier alpha value is -2.89. The fourth-order valence-corrected chi connectivity index (χ4v) is 2.65. The van der Waals surface area contributed by atoms with Crippen molar-refractivity contribution in [3.05, 3.63) is 54.1 Å². The normalized spacial score (nSPS) is 11.5. The molecule has 0 atom stereocenters. The number of fused-ring (bicyclic) bond motifs is 1. The van der Waals surface area contributed by atoms with E-state index in [-0.39, 0.29) is 11.4 Å². The molecule has 0 saturated heterocycles. The summed E-state index contributed by atoms with van der Waals surface area (Å²) in [5, 5.41) is 7.39. The molecule has 0 spiro atoms. The first-order valence-corrected chi connectivity index (χ1v) is 8.36. The molecular weight excluding hydrogens is 314 g/mol. The lowest BCUT2D eigenvalue weighted by Gasteiger charge is -2.20. The number of hydrogen-bond donors (Lipinski definition) is 3. The van der Waals surface area contributed by atoms with Crippen LogP contribution in [0.1, 0.15) is 36.8 Å². The zero-order valence-electron chi connectivity index (χ0n) is 14.8. The van der Waals surface area contributed by atoms with Crippen molar-refractivity contribution < 1.29 is 4.79 Å². The molecule has 0 bridgehead atoms. The number of anilines is 1. The molecule has 2 aromatic heterocycles. The van der Waals surface area contributed by atoms with Gasteiger partial charge in [-0.3, -0.25) is 4.79 Å². The smallest absolute Gasteiger partial charge is 0.270 e. The summed E-state index contributed by atoms with van der Waals surface area (Å²) >= 11 is 0. The molecule has 0 unspecified atom stereocenters. The Bertz CT molecular complexity index is 879. The van der Waals surface area contributed by atoms with E-state index in [0.29, 0.717) is 11.5 Å². The lowest BCUT2D eigenvalue weighted by atomic mass is 10.1. The Morgan fingerprint density at radius 3 is 2.80 bits per heavy atom. The van der Waals surface area contributed by atoms with Gasteiger partial charge in [0, 0.05) is 35.2 Å². The number of rotatable bonds is 5. The van der Waals surface area contributed by atoms with Crippen LogP contribution in [0.3, 0.4) is 0 Å². The zero-order chi connectivity index (χ0) is 17.9. The third kappa shape index (κ3) is 4.35. The van der Waals surface area contributed by atoms with E-state index in [9.17, 15) is 4.79 Å². The Kier molecular flexibility index (Phi) is 4.70. The Labute approximate surface area is 147 Å². The minimum absolute atomic E-state index is 0.199. The summed E-state index contributed by atoms with van der Waals surface area (Å²) in [4.78, 5) is 23.7. The van der Waals surface area contributed by atoms with Crippen LogP contribution in [0.5, 0.6) is 0 Å². The average Bonchev–Trinajstić information content (AvgIpc) is 2.97. The second kappa shape index (κ2) is 6.93. The highest BCUT2D eigenvalue weighted by Crippen LogP contribution is 2.18. The summed E-state index contributed by atoms with van der Waals surface area (Å²) in [5.74, 6) is 0.448. The summed E-state index contributed by atoms with van der Waals surface area (Å²) in [7, 11) is 0. The fraction of sp³-hybridized carbons (Fsp3) is 0.316. The van der Waals surface area contributed by atoms with E-state index < -0.39 is 0 Å². The van der Waals surface area contributed by atoms with E-state index in [1.165, 1.54) is 17.3 Å². The van der Waals surface area contributed by atoms with Crippen molar-refractivity contribution in [2.75, 3.05) is 11.9 Å². The molecule has 2 heterocycles. The van der Waals surface area contributed by atoms with Crippen molar-refractivity contribution in [1.29, 1.82) is 0 Å². The minimum Gasteiger partial charge on any atom is -0.370 e. The third-order valence-electron chi connectivity index (χ3n) is 3.76. The van der Waals surface area contributed by atoms with Crippen LogP contribution in [0, 0.1) is 0 Å². The summed E-state index contributed by atoms with van der Waals surface area (Å²) in [6.45, 7) is 6.53. The molecule has 0 saturated carbocycles. The second-order valence-corrected chi connectivity index (χ2v) is 7.03. The Morgan fingerprint density at radius 1 is 1.20 bits per heavy atom. The lowest BCUT2D eigenvalue weighted by Crippen LogP contribution is -2.41. The topological polar surface area (TPSA) is 82.7 Å². The molecule has 3 aromatic rings. The van der Waals surface area contributed by atoms with Crippen molar-refractivity contribution in [3.63, 3.8) is 0 Å². The first-order chi connectivity index (χ1) is 11.9. The van der Waals surface area contributed by atoms with Crippen LogP contribution in [0.4, 0.5) is 5.82 Å². The quantitative estimate of drug-likeness (QED) is 0.668. The largest absolute Gasteiger partial charge is 0.370 e. The predicted molar refractivity (Wildman–Crippen MR) is 99.7 cm³/mol. The van der Waals surface area contributed by atoms with Crippen molar-refractivity contribution in [2.45, 2.75) is 32.7 Å². The van der Waals surface area contributed by atoms with Crippen LogP contribution in [0.25, 0.3) is 10.9 Å². The average molecular weight is 337 g/mol. The second-order valence-electron chi connectivity index (χ2n) is 7.03. The van der Waals surface area contributed by atoms with Gasteiger partial charge in [-0.15, -0.1) is 0 Å². The van der Waals surface area contributed by atoms with Gasteiger partial charge in [-0.2, -0.15) is 0 Å². The number of benzene rings is 1. The van der Waals surface area contributed by atoms with E-state index in [1.807, 2.05) is 39.1 Å². The van der Waals surface area contributed by atoms with Gasteiger partial charge in [-0.05, 0) is 38.8 Å². The first-order valence-electron chi connectivity index (χ1n) is 8.36. The van der Waals surface area contributed by atoms with Crippen molar-refractivity contribution >= 4 is 22.6 Å². The highest BCUT2D eigenvalue weighted by Gasteiger charge is 2.16. The number of nitrogens with one attached hydrogen (secondary N) is 3. The van der Waals surface area contributed by atoms with Gasteiger partial charge in [-0.1, -0.05) is 18.2 Å². The van der Waals surface area contributed by atoms with E-state index in [0.717, 1.165) is 18.5 Å². The van der Waals surface area contributed by atoms with Gasteiger partial charge in [0.05, 0.1) is 0 Å². The number of carbonyl (C=O) groups is 1. The molecule has 6 nitrogen and oxygen atoms in total. The molecule has 25 heavy (non-hydrogen) atoms. The molecule has 0 fully saturated rings. The van der Waals surface area contributed by atoms with Crippen LogP contribution < -0.4 is 10.6 Å². The first kappa shape index (κ1) is 17.0. The summed E-state index contributed by atoms with van der Waals surface area (Å²) in [6, 6.07) is 9.91. The van der Waals surface area contributed by atoms with Crippen LogP contribution in [-0.2, 0) is 6.42 Å². The predicted octanol–water partition coefficient (Wildman–Crippen LogP) is 3.14. The number of aromatic amines is 1. The molecule has 0 radical (unpaired) electrons. The maximum atomic E-state index is 12.2. The highest BCUT2D eigenvalue weighted by molar-refractivity contribution is 5.93. The zero-order valence-corrected chi connectivity index (χ0v) is 14.8. The maximum Gasteiger partial charge on any atom is 0.270 e. The molecule has 0 aliphatic rings. The van der Waals surface area contributed by atoms with Gasteiger partial charge in [0.1, 0.15) is 17.8 Å². The SMILES string of the molecule is CC(C)(C)NC(=O)c1cc(NCCc2c[nH]c3ccccc23)ncn1. The highest BCUT2D eigenvalue weighted by atomic mass is 16.2. The summed E-state index contributed by atoms with van der Waals surface area (Å²) < 4.78 is 0. The molecule has 0 aliphatic heterocycles. The molecular formula is C19H23N5O. The Balaban J connectivity index is 1.62. The van der Waals surface area contributed by atoms with Gasteiger partial charge in [0.15, 0.2) is 0 Å². The molecule has 130 valence electrons. The molecule has 1 amide bonds. The number of amides is 1. The van der Waals surface area contributed by atoms with Crippen molar-refractivity contribution in [2.24, 2.45) is 0 Å². The molecule has 3 N–H and O–H groups in total. The number of nitrogens with zero attached hydrogens (tertiary/aromatic N) is 2. The van der Waals surface area contributed by atoms with E-state index in [4.69, 9.17) is 0 Å². The Morgan fingerprint density at radius 2 is 2.00 bits per heavy atom. The van der Waals surface area contributed by atoms with Gasteiger partial charge < -0.3 is 15.6 Å². The summed E-state index contributed by atoms with van der Waals surface area (Å²) in [6.07, 6.45) is 4.30. The third-order valence-corrected chi connectivity index (χ3v) is 3.76. The molecule has 0 aliphatic carbocycles. The van der Waals surface area contributed by atoms with Crippen LogP contribution in [0.2, 0.25) is 0 Å². The van der Waals surface area contributed by atoms with Gasteiger partial charge >= 0.3 is 0 Å². The molecule has 1 aromatic carbocycles. The molecule has 3 rings (SSSR count). The fourth-order valence-electron chi connectivity index (χ4n) is 2.65. The number of para-hydroxylation sites is 1. The summed E-state index contributed by atoms with van der Waals surface area (Å²) in [5.41, 5.74) is 2.45.